The number of nitrogens with zero attached hydrogens (tertiary/aromatic N) is 3. The SMILES string of the molecule is CCCCCOc1ccc([C@H]2C(=C(O)c3ccc4c(c3)OCCO4)C(=O)C(=O)N2c2nnc(SCc3ccc(Cl)cc3Cl)s2)cc1OCC. The van der Waals surface area contributed by atoms with E-state index in [0.717, 1.165) is 36.2 Å². The van der Waals surface area contributed by atoms with Crippen LogP contribution in [0.4, 0.5) is 5.13 Å². The lowest BCUT2D eigenvalue weighted by atomic mass is 9.95. The Kier molecular flexibility index (Phi) is 11.2. The number of anilines is 1. The van der Waals surface area contributed by atoms with Crippen LogP contribution in [0.15, 0.2) is 64.5 Å². The molecule has 14 heteroatoms. The highest BCUT2D eigenvalue weighted by molar-refractivity contribution is 8.00. The predicted octanol–water partition coefficient (Wildman–Crippen LogP) is 8.50. The zero-order chi connectivity index (χ0) is 34.5. The molecule has 0 aliphatic carbocycles. The molecular weight excluding hydrogens is 709 g/mol. The Morgan fingerprint density at radius 3 is 2.57 bits per heavy atom. The molecule has 0 bridgehead atoms. The largest absolute Gasteiger partial charge is 0.507 e. The highest BCUT2D eigenvalue weighted by Gasteiger charge is 2.48. The molecule has 49 heavy (non-hydrogen) atoms. The summed E-state index contributed by atoms with van der Waals surface area (Å²) in [5.74, 6) is 0.343. The highest BCUT2D eigenvalue weighted by Crippen LogP contribution is 2.46. The van der Waals surface area contributed by atoms with Crippen LogP contribution in [-0.2, 0) is 15.3 Å². The average Bonchev–Trinajstić information content (AvgIpc) is 3.67. The van der Waals surface area contributed by atoms with Crippen LogP contribution in [0.25, 0.3) is 5.76 Å². The Morgan fingerprint density at radius 2 is 1.80 bits per heavy atom. The number of ketones is 1. The van der Waals surface area contributed by atoms with Crippen LogP contribution in [0.2, 0.25) is 10.0 Å². The van der Waals surface area contributed by atoms with Crippen molar-refractivity contribution in [2.45, 2.75) is 49.2 Å². The van der Waals surface area contributed by atoms with Gasteiger partial charge < -0.3 is 24.1 Å². The molecule has 256 valence electrons. The summed E-state index contributed by atoms with van der Waals surface area (Å²) in [4.78, 5) is 29.0. The van der Waals surface area contributed by atoms with Gasteiger partial charge in [0.2, 0.25) is 5.13 Å². The second-order valence-electron chi connectivity index (χ2n) is 11.1. The summed E-state index contributed by atoms with van der Waals surface area (Å²) in [5, 5.41) is 21.6. The number of rotatable bonds is 13. The number of carbonyl (C=O) groups is 2. The Bertz CT molecular complexity index is 1900. The van der Waals surface area contributed by atoms with Crippen molar-refractivity contribution in [3.63, 3.8) is 0 Å². The third-order valence-corrected chi connectivity index (χ3v) is 10.5. The normalized spacial score (nSPS) is 16.7. The van der Waals surface area contributed by atoms with E-state index in [-0.39, 0.29) is 16.5 Å². The lowest BCUT2D eigenvalue weighted by Gasteiger charge is -2.24. The molecule has 4 aromatic rings. The van der Waals surface area contributed by atoms with Crippen molar-refractivity contribution in [1.82, 2.24) is 10.2 Å². The number of benzene rings is 3. The first kappa shape index (κ1) is 34.9. The lowest BCUT2D eigenvalue weighted by Crippen LogP contribution is -2.29. The van der Waals surface area contributed by atoms with E-state index in [1.807, 2.05) is 13.0 Å². The summed E-state index contributed by atoms with van der Waals surface area (Å²) in [6.07, 6.45) is 2.98. The van der Waals surface area contributed by atoms with Crippen LogP contribution in [0, 0.1) is 0 Å². The van der Waals surface area contributed by atoms with Gasteiger partial charge in [0.25, 0.3) is 5.78 Å². The number of halogens is 2. The van der Waals surface area contributed by atoms with Gasteiger partial charge in [-0.05, 0) is 66.9 Å². The van der Waals surface area contributed by atoms with Gasteiger partial charge in [0.1, 0.15) is 19.0 Å². The first-order valence-electron chi connectivity index (χ1n) is 15.8. The summed E-state index contributed by atoms with van der Waals surface area (Å²) in [6.45, 7) is 5.61. The third-order valence-electron chi connectivity index (χ3n) is 7.82. The van der Waals surface area contributed by atoms with E-state index >= 15 is 0 Å². The zero-order valence-corrected chi connectivity index (χ0v) is 29.9. The second-order valence-corrected chi connectivity index (χ2v) is 14.1. The quantitative estimate of drug-likeness (QED) is 0.0357. The van der Waals surface area contributed by atoms with Gasteiger partial charge in [-0.3, -0.25) is 14.5 Å². The molecule has 6 rings (SSSR count). The van der Waals surface area contributed by atoms with Crippen molar-refractivity contribution in [1.29, 1.82) is 0 Å². The second kappa shape index (κ2) is 15.7. The van der Waals surface area contributed by atoms with Gasteiger partial charge in [-0.25, -0.2) is 0 Å². The van der Waals surface area contributed by atoms with E-state index in [1.165, 1.54) is 16.7 Å². The number of aromatic nitrogens is 2. The Hall–Kier alpha value is -3.97. The van der Waals surface area contributed by atoms with Crippen LogP contribution in [0.5, 0.6) is 23.0 Å². The van der Waals surface area contributed by atoms with Crippen LogP contribution in [0.1, 0.15) is 55.8 Å². The summed E-state index contributed by atoms with van der Waals surface area (Å²) < 4.78 is 23.9. The van der Waals surface area contributed by atoms with Gasteiger partial charge in [-0.15, -0.1) is 10.2 Å². The summed E-state index contributed by atoms with van der Waals surface area (Å²) in [5.41, 5.74) is 1.55. The molecule has 1 atom stereocenters. The maximum atomic E-state index is 13.8. The van der Waals surface area contributed by atoms with Crippen LogP contribution >= 0.6 is 46.3 Å². The van der Waals surface area contributed by atoms with Crippen molar-refractivity contribution in [2.75, 3.05) is 31.3 Å². The minimum atomic E-state index is -1.06. The highest BCUT2D eigenvalue weighted by atomic mass is 35.5. The number of amides is 1. The molecule has 0 spiro atoms. The number of ether oxygens (including phenoxy) is 4. The average molecular weight is 743 g/mol. The number of thioether (sulfide) groups is 1. The molecule has 3 heterocycles. The number of aliphatic hydroxyl groups is 1. The van der Waals surface area contributed by atoms with Gasteiger partial charge in [0, 0.05) is 21.4 Å². The Balaban J connectivity index is 1.40. The fourth-order valence-electron chi connectivity index (χ4n) is 5.44. The van der Waals surface area contributed by atoms with Gasteiger partial charge in [0.05, 0.1) is 24.8 Å². The van der Waals surface area contributed by atoms with E-state index < -0.39 is 17.7 Å². The molecule has 3 aromatic carbocycles. The molecule has 1 amide bonds. The molecule has 1 fully saturated rings. The number of hydrogen-bond acceptors (Lipinski definition) is 11. The molecule has 1 aromatic heterocycles. The van der Waals surface area contributed by atoms with Crippen LogP contribution in [0.3, 0.4) is 0 Å². The fraction of sp³-hybridized carbons (Fsp3) is 0.314. The molecule has 2 aliphatic heterocycles. The number of Topliss-reactive ketones (excluding diaryl/α,β-unsaturated/α-hetero) is 1. The molecule has 0 saturated carbocycles. The molecule has 2 aliphatic rings. The molecule has 1 N–H and O–H groups in total. The molecule has 0 radical (unpaired) electrons. The Labute approximate surface area is 301 Å². The summed E-state index contributed by atoms with van der Waals surface area (Å²) in [7, 11) is 0. The minimum Gasteiger partial charge on any atom is -0.507 e. The fourth-order valence-corrected chi connectivity index (χ4v) is 7.87. The first-order chi connectivity index (χ1) is 23.8. The summed E-state index contributed by atoms with van der Waals surface area (Å²) >= 11 is 15.0. The number of fused-ring (bicyclic) bond motifs is 1. The standard InChI is InChI=1S/C35H33Cl2N3O7S2/c1-3-5-6-13-45-25-11-8-20(16-27(25)44-4-2)30-29(31(41)21-9-12-26-28(17-21)47-15-14-46-26)32(42)33(43)40(30)34-38-39-35(49-34)48-19-22-7-10-23(36)18-24(22)37/h7-12,16-18,30,41H,3-6,13-15,19H2,1-2H3/t30-/m0/s1. The Morgan fingerprint density at radius 1 is 0.980 bits per heavy atom. The van der Waals surface area contributed by atoms with Crippen molar-refractivity contribution in [2.24, 2.45) is 0 Å². The van der Waals surface area contributed by atoms with Gasteiger partial charge in [-0.2, -0.15) is 0 Å². The molecule has 0 unspecified atom stereocenters. The number of carbonyl (C=O) groups excluding carboxylic acids is 2. The van der Waals surface area contributed by atoms with Gasteiger partial charge >= 0.3 is 5.91 Å². The maximum Gasteiger partial charge on any atom is 0.301 e. The van der Waals surface area contributed by atoms with E-state index in [0.29, 0.717) is 80.7 Å². The molecule has 1 saturated heterocycles. The van der Waals surface area contributed by atoms with E-state index in [2.05, 4.69) is 17.1 Å². The van der Waals surface area contributed by atoms with Crippen LogP contribution < -0.4 is 23.8 Å². The number of hydrogen-bond donors (Lipinski definition) is 1. The van der Waals surface area contributed by atoms with Crippen molar-refractivity contribution < 1.29 is 33.6 Å². The summed E-state index contributed by atoms with van der Waals surface area (Å²) in [6, 6.07) is 14.3. The minimum absolute atomic E-state index is 0.113. The van der Waals surface area contributed by atoms with Crippen LogP contribution in [-0.4, -0.2) is 53.4 Å². The van der Waals surface area contributed by atoms with E-state index in [9.17, 15) is 14.7 Å². The van der Waals surface area contributed by atoms with E-state index in [4.69, 9.17) is 42.1 Å². The number of unbranched alkanes of at least 4 members (excludes halogenated alkanes) is 2. The smallest absolute Gasteiger partial charge is 0.301 e. The zero-order valence-electron chi connectivity index (χ0n) is 26.7. The van der Waals surface area contributed by atoms with Gasteiger partial charge in [-0.1, -0.05) is 78.2 Å². The van der Waals surface area contributed by atoms with Crippen molar-refractivity contribution >= 4 is 68.9 Å². The topological polar surface area (TPSA) is 120 Å². The lowest BCUT2D eigenvalue weighted by molar-refractivity contribution is -0.132. The molecular formula is C35H33Cl2N3O7S2. The van der Waals surface area contributed by atoms with Crippen molar-refractivity contribution in [3.05, 3.63) is 86.9 Å². The van der Waals surface area contributed by atoms with Gasteiger partial charge in [0.15, 0.2) is 27.3 Å². The van der Waals surface area contributed by atoms with E-state index in [1.54, 1.807) is 48.5 Å². The maximum absolute atomic E-state index is 13.8. The molecule has 10 nitrogen and oxygen atoms in total. The first-order valence-corrected chi connectivity index (χ1v) is 18.4. The monoisotopic (exact) mass is 741 g/mol. The third kappa shape index (κ3) is 7.62. The number of aliphatic hydroxyl groups excluding tert-OH is 1. The predicted molar refractivity (Wildman–Crippen MR) is 191 cm³/mol. The van der Waals surface area contributed by atoms with Crippen molar-refractivity contribution in [3.8, 4) is 23.0 Å².